The third-order valence-corrected chi connectivity index (χ3v) is 2.87. The smallest absolute Gasteiger partial charge is 0.0175 e. The van der Waals surface area contributed by atoms with Gasteiger partial charge in [-0.2, -0.15) is 0 Å². The number of benzene rings is 2. The van der Waals surface area contributed by atoms with Crippen LogP contribution in [0.4, 0.5) is 0 Å². The van der Waals surface area contributed by atoms with Gasteiger partial charge in [-0.05, 0) is 35.4 Å². The Labute approximate surface area is 97.5 Å². The van der Waals surface area contributed by atoms with Gasteiger partial charge in [0, 0.05) is 9.37 Å². The van der Waals surface area contributed by atoms with Crippen LogP contribution in [0, 0.1) is 0 Å². The van der Waals surface area contributed by atoms with E-state index >= 15 is 0 Å². The predicted octanol–water partition coefficient (Wildman–Crippen LogP) is 4.40. The SMILES string of the molecule is Sc1ccc(-c2ccc(Br)cc2)cc1. The first-order chi connectivity index (χ1) is 6.75. The highest BCUT2D eigenvalue weighted by Crippen LogP contribution is 2.22. The van der Waals surface area contributed by atoms with Crippen molar-refractivity contribution >= 4 is 28.6 Å². The predicted molar refractivity (Wildman–Crippen MR) is 66.8 cm³/mol. The molecule has 0 atom stereocenters. The van der Waals surface area contributed by atoms with Gasteiger partial charge >= 0.3 is 0 Å². The Bertz CT molecular complexity index is 374. The second-order valence-electron chi connectivity index (χ2n) is 3.05. The largest absolute Gasteiger partial charge is 0.143 e. The molecule has 2 aromatic rings. The summed E-state index contributed by atoms with van der Waals surface area (Å²) in [4.78, 5) is 0.992. The summed E-state index contributed by atoms with van der Waals surface area (Å²) in [6.45, 7) is 0. The molecule has 0 amide bonds. The first-order valence-corrected chi connectivity index (χ1v) is 5.55. The van der Waals surface area contributed by atoms with Crippen molar-refractivity contribution in [2.75, 3.05) is 0 Å². The Balaban J connectivity index is 2.40. The van der Waals surface area contributed by atoms with Crippen molar-refractivity contribution in [3.05, 3.63) is 53.0 Å². The number of hydrogen-bond donors (Lipinski definition) is 1. The van der Waals surface area contributed by atoms with E-state index in [-0.39, 0.29) is 0 Å². The van der Waals surface area contributed by atoms with Crippen LogP contribution >= 0.6 is 28.6 Å². The minimum Gasteiger partial charge on any atom is -0.143 e. The maximum absolute atomic E-state index is 4.25. The van der Waals surface area contributed by atoms with Crippen molar-refractivity contribution in [3.8, 4) is 11.1 Å². The zero-order valence-corrected chi connectivity index (χ0v) is 9.92. The van der Waals surface area contributed by atoms with Crippen molar-refractivity contribution in [1.82, 2.24) is 0 Å². The van der Waals surface area contributed by atoms with Gasteiger partial charge in [0.2, 0.25) is 0 Å². The lowest BCUT2D eigenvalue weighted by Gasteiger charge is -2.01. The molecule has 0 N–H and O–H groups in total. The number of thiol groups is 1. The van der Waals surface area contributed by atoms with Crippen LogP contribution in [0.25, 0.3) is 11.1 Å². The van der Waals surface area contributed by atoms with E-state index < -0.39 is 0 Å². The molecule has 0 aliphatic carbocycles. The van der Waals surface area contributed by atoms with Gasteiger partial charge in [0.25, 0.3) is 0 Å². The van der Waals surface area contributed by atoms with Crippen molar-refractivity contribution in [1.29, 1.82) is 0 Å². The van der Waals surface area contributed by atoms with Crippen LogP contribution in [0.2, 0.25) is 0 Å². The van der Waals surface area contributed by atoms with Crippen LogP contribution in [-0.2, 0) is 0 Å². The summed E-state index contributed by atoms with van der Waals surface area (Å²) < 4.78 is 1.10. The minimum absolute atomic E-state index is 0.992. The molecule has 0 heterocycles. The van der Waals surface area contributed by atoms with Crippen LogP contribution in [0.5, 0.6) is 0 Å². The van der Waals surface area contributed by atoms with Crippen LogP contribution in [-0.4, -0.2) is 0 Å². The number of rotatable bonds is 1. The lowest BCUT2D eigenvalue weighted by molar-refractivity contribution is 1.47. The molecular weight excluding hydrogens is 256 g/mol. The van der Waals surface area contributed by atoms with E-state index in [1.165, 1.54) is 11.1 Å². The van der Waals surface area contributed by atoms with E-state index in [1.54, 1.807) is 0 Å². The standard InChI is InChI=1S/C12H9BrS/c13-11-5-1-9(2-6-11)10-3-7-12(14)8-4-10/h1-8,14H. The number of hydrogen-bond acceptors (Lipinski definition) is 1. The molecular formula is C12H9BrS. The van der Waals surface area contributed by atoms with Crippen molar-refractivity contribution in [2.45, 2.75) is 4.90 Å². The lowest BCUT2D eigenvalue weighted by atomic mass is 10.1. The second-order valence-corrected chi connectivity index (χ2v) is 4.49. The molecule has 0 saturated heterocycles. The molecule has 0 nitrogen and oxygen atoms in total. The first-order valence-electron chi connectivity index (χ1n) is 4.31. The van der Waals surface area contributed by atoms with Gasteiger partial charge in [-0.15, -0.1) is 12.6 Å². The third-order valence-electron chi connectivity index (χ3n) is 2.04. The number of halogens is 1. The van der Waals surface area contributed by atoms with Crippen LogP contribution in [0.1, 0.15) is 0 Å². The quantitative estimate of drug-likeness (QED) is 0.726. The fourth-order valence-electron chi connectivity index (χ4n) is 1.30. The van der Waals surface area contributed by atoms with Crippen molar-refractivity contribution in [2.24, 2.45) is 0 Å². The van der Waals surface area contributed by atoms with Gasteiger partial charge in [0.15, 0.2) is 0 Å². The molecule has 0 bridgehead atoms. The Morgan fingerprint density at radius 1 is 0.714 bits per heavy atom. The fraction of sp³-hybridized carbons (Fsp3) is 0. The summed E-state index contributed by atoms with van der Waals surface area (Å²) in [6, 6.07) is 16.4. The summed E-state index contributed by atoms with van der Waals surface area (Å²) in [6.07, 6.45) is 0. The Kier molecular flexibility index (Phi) is 2.94. The normalized spacial score (nSPS) is 10.1. The average Bonchev–Trinajstić information content (AvgIpc) is 2.21. The van der Waals surface area contributed by atoms with Crippen LogP contribution < -0.4 is 0 Å². The van der Waals surface area contributed by atoms with Gasteiger partial charge < -0.3 is 0 Å². The Hall–Kier alpha value is -0.730. The average molecular weight is 265 g/mol. The molecule has 0 spiro atoms. The molecule has 0 unspecified atom stereocenters. The van der Waals surface area contributed by atoms with Crippen LogP contribution in [0.3, 0.4) is 0 Å². The summed E-state index contributed by atoms with van der Waals surface area (Å²) in [7, 11) is 0. The fourth-order valence-corrected chi connectivity index (χ4v) is 1.71. The molecule has 0 aliphatic heterocycles. The second kappa shape index (κ2) is 4.20. The minimum atomic E-state index is 0.992. The molecule has 14 heavy (non-hydrogen) atoms. The van der Waals surface area contributed by atoms with Gasteiger partial charge in [-0.1, -0.05) is 40.2 Å². The summed E-state index contributed by atoms with van der Waals surface area (Å²) in [5, 5.41) is 0. The maximum Gasteiger partial charge on any atom is 0.0175 e. The highest BCUT2D eigenvalue weighted by atomic mass is 79.9. The Morgan fingerprint density at radius 3 is 1.64 bits per heavy atom. The summed E-state index contributed by atoms with van der Waals surface area (Å²) in [5.74, 6) is 0. The molecule has 0 aromatic heterocycles. The molecule has 2 aromatic carbocycles. The maximum atomic E-state index is 4.25. The Morgan fingerprint density at radius 2 is 1.14 bits per heavy atom. The van der Waals surface area contributed by atoms with Crippen LogP contribution in [0.15, 0.2) is 57.9 Å². The highest BCUT2D eigenvalue weighted by Gasteiger charge is 1.96. The molecule has 70 valence electrons. The monoisotopic (exact) mass is 264 g/mol. The molecule has 0 radical (unpaired) electrons. The third kappa shape index (κ3) is 2.20. The van der Waals surface area contributed by atoms with Crippen molar-refractivity contribution < 1.29 is 0 Å². The van der Waals surface area contributed by atoms with Gasteiger partial charge in [0.1, 0.15) is 0 Å². The zero-order valence-electron chi connectivity index (χ0n) is 7.44. The van der Waals surface area contributed by atoms with Gasteiger partial charge in [-0.3, -0.25) is 0 Å². The van der Waals surface area contributed by atoms with Gasteiger partial charge in [-0.25, -0.2) is 0 Å². The van der Waals surface area contributed by atoms with E-state index in [1.807, 2.05) is 24.3 Å². The summed E-state index contributed by atoms with van der Waals surface area (Å²) in [5.41, 5.74) is 2.44. The molecule has 0 aliphatic rings. The topological polar surface area (TPSA) is 0 Å². The molecule has 0 fully saturated rings. The zero-order chi connectivity index (χ0) is 9.97. The molecule has 2 heteroatoms. The summed E-state index contributed by atoms with van der Waals surface area (Å²) >= 11 is 7.67. The van der Waals surface area contributed by atoms with E-state index in [4.69, 9.17) is 0 Å². The van der Waals surface area contributed by atoms with Crippen molar-refractivity contribution in [3.63, 3.8) is 0 Å². The first kappa shape index (κ1) is 9.81. The van der Waals surface area contributed by atoms with E-state index in [9.17, 15) is 0 Å². The van der Waals surface area contributed by atoms with E-state index in [0.717, 1.165) is 9.37 Å². The van der Waals surface area contributed by atoms with E-state index in [2.05, 4.69) is 52.8 Å². The lowest BCUT2D eigenvalue weighted by Crippen LogP contribution is -1.76. The van der Waals surface area contributed by atoms with Gasteiger partial charge in [0.05, 0.1) is 0 Å². The highest BCUT2D eigenvalue weighted by molar-refractivity contribution is 9.10. The van der Waals surface area contributed by atoms with E-state index in [0.29, 0.717) is 0 Å². The molecule has 0 saturated carbocycles. The molecule has 2 rings (SSSR count).